The van der Waals surface area contributed by atoms with E-state index >= 15 is 0 Å². The predicted molar refractivity (Wildman–Crippen MR) is 114 cm³/mol. The van der Waals surface area contributed by atoms with Crippen LogP contribution in [0.15, 0.2) is 24.3 Å². The van der Waals surface area contributed by atoms with Crippen molar-refractivity contribution in [2.45, 2.75) is 89.1 Å². The SMILES string of the molecule is CC(C)(C)[Si](C)(C)OC(CC#N)c1cccc(NCC2(O)CCCCC2)c1. The summed E-state index contributed by atoms with van der Waals surface area (Å²) in [4.78, 5) is 0. The first-order chi connectivity index (χ1) is 12.6. The van der Waals surface area contributed by atoms with Crippen molar-refractivity contribution < 1.29 is 9.53 Å². The van der Waals surface area contributed by atoms with Crippen LogP contribution in [0.5, 0.6) is 0 Å². The van der Waals surface area contributed by atoms with Crippen molar-refractivity contribution in [2.24, 2.45) is 0 Å². The molecule has 1 fully saturated rings. The molecule has 4 nitrogen and oxygen atoms in total. The highest BCUT2D eigenvalue weighted by Crippen LogP contribution is 2.40. The molecule has 1 aliphatic carbocycles. The van der Waals surface area contributed by atoms with Gasteiger partial charge in [0.1, 0.15) is 0 Å². The van der Waals surface area contributed by atoms with Crippen LogP contribution in [0.3, 0.4) is 0 Å². The van der Waals surface area contributed by atoms with Crippen molar-refractivity contribution in [2.75, 3.05) is 11.9 Å². The van der Waals surface area contributed by atoms with E-state index in [-0.39, 0.29) is 11.1 Å². The Morgan fingerprint density at radius 2 is 1.93 bits per heavy atom. The second kappa shape index (κ2) is 8.77. The molecule has 2 N–H and O–H groups in total. The summed E-state index contributed by atoms with van der Waals surface area (Å²) in [5.74, 6) is 0. The van der Waals surface area contributed by atoms with Gasteiger partial charge in [0.15, 0.2) is 8.32 Å². The van der Waals surface area contributed by atoms with Crippen LogP contribution in [-0.2, 0) is 4.43 Å². The first-order valence-electron chi connectivity index (χ1n) is 10.2. The van der Waals surface area contributed by atoms with Crippen LogP contribution in [0.1, 0.15) is 71.0 Å². The Morgan fingerprint density at radius 3 is 2.52 bits per heavy atom. The number of hydrogen-bond donors (Lipinski definition) is 2. The van der Waals surface area contributed by atoms with Crippen LogP contribution in [-0.4, -0.2) is 25.6 Å². The minimum Gasteiger partial charge on any atom is -0.409 e. The molecule has 0 amide bonds. The van der Waals surface area contributed by atoms with Gasteiger partial charge < -0.3 is 14.8 Å². The van der Waals surface area contributed by atoms with Gasteiger partial charge in [-0.15, -0.1) is 0 Å². The van der Waals surface area contributed by atoms with Crippen LogP contribution < -0.4 is 5.32 Å². The van der Waals surface area contributed by atoms with Gasteiger partial charge in [0.05, 0.1) is 24.2 Å². The van der Waals surface area contributed by atoms with E-state index in [1.54, 1.807) is 0 Å². The van der Waals surface area contributed by atoms with Gasteiger partial charge in [0, 0.05) is 12.2 Å². The second-order valence-corrected chi connectivity index (χ2v) is 14.2. The molecule has 0 saturated heterocycles. The summed E-state index contributed by atoms with van der Waals surface area (Å²) >= 11 is 0. The molecule has 2 rings (SSSR count). The summed E-state index contributed by atoms with van der Waals surface area (Å²) in [5, 5.41) is 23.5. The molecule has 0 aliphatic heterocycles. The molecule has 0 aromatic heterocycles. The van der Waals surface area contributed by atoms with Gasteiger partial charge in [0.2, 0.25) is 0 Å². The molecule has 0 radical (unpaired) electrons. The number of nitrogens with zero attached hydrogens (tertiary/aromatic N) is 1. The standard InChI is InChI=1S/C22H36N2O2Si/c1-21(2,3)27(4,5)26-20(12-15-23)18-10-9-11-19(16-18)24-17-22(25)13-7-6-8-14-22/h9-11,16,20,24-25H,6-8,12-14,17H2,1-5H3. The van der Waals surface area contributed by atoms with Gasteiger partial charge in [-0.2, -0.15) is 5.26 Å². The van der Waals surface area contributed by atoms with E-state index < -0.39 is 13.9 Å². The third kappa shape index (κ3) is 6.07. The highest BCUT2D eigenvalue weighted by atomic mass is 28.4. The Bertz CT molecular complexity index is 655. The van der Waals surface area contributed by atoms with Gasteiger partial charge in [-0.1, -0.05) is 52.2 Å². The Hall–Kier alpha value is -1.35. The smallest absolute Gasteiger partial charge is 0.192 e. The van der Waals surface area contributed by atoms with Crippen LogP contribution in [0.25, 0.3) is 0 Å². The Labute approximate surface area is 166 Å². The van der Waals surface area contributed by atoms with Gasteiger partial charge in [-0.25, -0.2) is 0 Å². The van der Waals surface area contributed by atoms with Crippen LogP contribution >= 0.6 is 0 Å². The molecule has 0 bridgehead atoms. The topological polar surface area (TPSA) is 65.3 Å². The normalized spacial score (nSPS) is 18.6. The maximum Gasteiger partial charge on any atom is 0.192 e. The monoisotopic (exact) mass is 388 g/mol. The lowest BCUT2D eigenvalue weighted by Gasteiger charge is -2.39. The van der Waals surface area contributed by atoms with Gasteiger partial charge in [0.25, 0.3) is 0 Å². The zero-order valence-corrected chi connectivity index (χ0v) is 18.6. The average Bonchev–Trinajstić information content (AvgIpc) is 2.59. The fraction of sp³-hybridized carbons (Fsp3) is 0.682. The number of nitriles is 1. The zero-order valence-electron chi connectivity index (χ0n) is 17.6. The number of aliphatic hydroxyl groups is 1. The van der Waals surface area contributed by atoms with Crippen molar-refractivity contribution in [1.29, 1.82) is 5.26 Å². The number of rotatable bonds is 7. The molecule has 1 unspecified atom stereocenters. The highest BCUT2D eigenvalue weighted by Gasteiger charge is 2.39. The minimum atomic E-state index is -1.97. The molecule has 1 saturated carbocycles. The molecule has 5 heteroatoms. The molecule has 0 heterocycles. The van der Waals surface area contributed by atoms with Crippen molar-refractivity contribution in [3.63, 3.8) is 0 Å². The Balaban J connectivity index is 2.11. The Kier molecular flexibility index (Phi) is 7.13. The number of hydrogen-bond acceptors (Lipinski definition) is 4. The molecule has 1 atom stereocenters. The van der Waals surface area contributed by atoms with Gasteiger partial charge >= 0.3 is 0 Å². The lowest BCUT2D eigenvalue weighted by Crippen LogP contribution is -2.41. The Morgan fingerprint density at radius 1 is 1.26 bits per heavy atom. The lowest BCUT2D eigenvalue weighted by molar-refractivity contribution is 0.0167. The molecule has 150 valence electrons. The third-order valence-corrected chi connectivity index (χ3v) is 10.7. The largest absolute Gasteiger partial charge is 0.409 e. The highest BCUT2D eigenvalue weighted by molar-refractivity contribution is 6.74. The van der Waals surface area contributed by atoms with Gasteiger partial charge in [-0.3, -0.25) is 0 Å². The van der Waals surface area contributed by atoms with E-state index in [1.807, 2.05) is 18.2 Å². The van der Waals surface area contributed by atoms with Crippen molar-refractivity contribution in [1.82, 2.24) is 0 Å². The first kappa shape index (κ1) is 21.9. The summed E-state index contributed by atoms with van der Waals surface area (Å²) in [5.41, 5.74) is 1.41. The lowest BCUT2D eigenvalue weighted by atomic mass is 9.85. The summed E-state index contributed by atoms with van der Waals surface area (Å²) in [6.07, 6.45) is 5.29. The van der Waals surface area contributed by atoms with Crippen molar-refractivity contribution >= 4 is 14.0 Å². The molecule has 1 aliphatic rings. The number of anilines is 1. The molecule has 27 heavy (non-hydrogen) atoms. The zero-order chi connectivity index (χ0) is 20.1. The summed E-state index contributed by atoms with van der Waals surface area (Å²) in [6.45, 7) is 11.7. The first-order valence-corrected chi connectivity index (χ1v) is 13.1. The summed E-state index contributed by atoms with van der Waals surface area (Å²) < 4.78 is 6.54. The van der Waals surface area contributed by atoms with Crippen LogP contribution in [0.4, 0.5) is 5.69 Å². The van der Waals surface area contributed by atoms with Crippen LogP contribution in [0, 0.1) is 11.3 Å². The van der Waals surface area contributed by atoms with Crippen molar-refractivity contribution in [3.8, 4) is 6.07 Å². The van der Waals surface area contributed by atoms with E-state index in [4.69, 9.17) is 4.43 Å². The minimum absolute atomic E-state index is 0.0980. The average molecular weight is 389 g/mol. The van der Waals surface area contributed by atoms with E-state index in [2.05, 4.69) is 51.3 Å². The number of benzene rings is 1. The predicted octanol–water partition coefficient (Wildman–Crippen LogP) is 5.77. The fourth-order valence-electron chi connectivity index (χ4n) is 3.35. The second-order valence-electron chi connectivity index (χ2n) is 9.49. The fourth-order valence-corrected chi connectivity index (χ4v) is 4.63. The summed E-state index contributed by atoms with van der Waals surface area (Å²) in [6, 6.07) is 10.4. The van der Waals surface area contributed by atoms with Crippen molar-refractivity contribution in [3.05, 3.63) is 29.8 Å². The maximum atomic E-state index is 10.7. The summed E-state index contributed by atoms with van der Waals surface area (Å²) in [7, 11) is -1.97. The van der Waals surface area contributed by atoms with Gasteiger partial charge in [-0.05, 0) is 48.7 Å². The van der Waals surface area contributed by atoms with E-state index in [0.29, 0.717) is 13.0 Å². The third-order valence-electron chi connectivity index (χ3n) is 6.18. The number of nitrogens with one attached hydrogen (secondary N) is 1. The van der Waals surface area contributed by atoms with E-state index in [9.17, 15) is 10.4 Å². The molecular formula is C22H36N2O2Si. The molecule has 0 spiro atoms. The van der Waals surface area contributed by atoms with Crippen LogP contribution in [0.2, 0.25) is 18.1 Å². The molecule has 1 aromatic rings. The quantitative estimate of drug-likeness (QED) is 0.582. The van der Waals surface area contributed by atoms with E-state index in [0.717, 1.165) is 36.9 Å². The maximum absolute atomic E-state index is 10.7. The molecular weight excluding hydrogens is 352 g/mol. The molecule has 1 aromatic carbocycles. The van der Waals surface area contributed by atoms with E-state index in [1.165, 1.54) is 6.42 Å².